The number of carbonyl (C=O) groups excluding carboxylic acids is 1. The van der Waals surface area contributed by atoms with Crippen molar-refractivity contribution in [1.82, 2.24) is 0 Å². The van der Waals surface area contributed by atoms with E-state index in [-0.39, 0.29) is 5.91 Å². The monoisotopic (exact) mass is 247 g/mol. The summed E-state index contributed by atoms with van der Waals surface area (Å²) < 4.78 is 0. The Morgan fingerprint density at radius 2 is 2.00 bits per heavy atom. The van der Waals surface area contributed by atoms with Crippen LogP contribution in [0.5, 0.6) is 0 Å². The van der Waals surface area contributed by atoms with E-state index in [1.165, 1.54) is 0 Å². The van der Waals surface area contributed by atoms with Gasteiger partial charge in [0.15, 0.2) is 0 Å². The lowest BCUT2D eigenvalue weighted by Gasteiger charge is -2.29. The second-order valence-electron chi connectivity index (χ2n) is 5.92. The highest BCUT2D eigenvalue weighted by Crippen LogP contribution is 2.34. The van der Waals surface area contributed by atoms with Crippen LogP contribution < -0.4 is 4.90 Å². The minimum atomic E-state index is -0.459. The first-order valence-electron chi connectivity index (χ1n) is 6.50. The van der Waals surface area contributed by atoms with E-state index in [1.807, 2.05) is 49.9 Å². The molecule has 18 heavy (non-hydrogen) atoms. The number of aliphatic hydroxyl groups excluding tert-OH is 1. The van der Waals surface area contributed by atoms with Gasteiger partial charge in [-0.05, 0) is 18.9 Å². The lowest BCUT2D eigenvalue weighted by Crippen LogP contribution is -2.40. The van der Waals surface area contributed by atoms with E-state index in [0.717, 1.165) is 17.7 Å². The van der Waals surface area contributed by atoms with Crippen molar-refractivity contribution >= 4 is 11.6 Å². The highest BCUT2D eigenvalue weighted by Gasteiger charge is 2.31. The molecular formula is C15H21NO2. The number of aliphatic hydroxyl groups is 1. The molecule has 0 bridgehead atoms. The number of para-hydroxylation sites is 1. The van der Waals surface area contributed by atoms with E-state index >= 15 is 0 Å². The van der Waals surface area contributed by atoms with Crippen molar-refractivity contribution in [2.45, 2.75) is 39.7 Å². The first-order chi connectivity index (χ1) is 8.41. The van der Waals surface area contributed by atoms with Crippen LogP contribution in [0.25, 0.3) is 0 Å². The third kappa shape index (κ3) is 2.41. The molecule has 0 aliphatic carbocycles. The Labute approximate surface area is 108 Å². The number of rotatable bonds is 0. The molecule has 0 radical (unpaired) electrons. The topological polar surface area (TPSA) is 40.5 Å². The maximum Gasteiger partial charge on any atom is 0.232 e. The standard InChI is InChI=1S/C15H21NO2/c1-15(2,3)14(18)16-10-6-9-13(17)11-7-4-5-8-12(11)16/h4-5,7-8,13,17H,6,9-10H2,1-3H3. The third-order valence-electron chi connectivity index (χ3n) is 3.33. The molecular weight excluding hydrogens is 226 g/mol. The van der Waals surface area contributed by atoms with E-state index in [4.69, 9.17) is 0 Å². The van der Waals surface area contributed by atoms with Gasteiger partial charge in [0.2, 0.25) is 5.91 Å². The first-order valence-corrected chi connectivity index (χ1v) is 6.50. The predicted octanol–water partition coefficient (Wildman–Crippen LogP) is 2.89. The molecule has 1 aliphatic rings. The van der Waals surface area contributed by atoms with Gasteiger partial charge in [0.25, 0.3) is 0 Å². The minimum absolute atomic E-state index is 0.115. The van der Waals surface area contributed by atoms with Crippen LogP contribution >= 0.6 is 0 Å². The number of hydrogen-bond acceptors (Lipinski definition) is 2. The smallest absolute Gasteiger partial charge is 0.232 e. The zero-order valence-corrected chi connectivity index (χ0v) is 11.3. The Morgan fingerprint density at radius 3 is 2.67 bits per heavy atom. The zero-order valence-electron chi connectivity index (χ0n) is 11.3. The van der Waals surface area contributed by atoms with Crippen LogP contribution in [0.3, 0.4) is 0 Å². The Morgan fingerprint density at radius 1 is 1.33 bits per heavy atom. The molecule has 3 heteroatoms. The number of nitrogens with zero attached hydrogens (tertiary/aromatic N) is 1. The molecule has 1 aromatic rings. The van der Waals surface area contributed by atoms with Crippen molar-refractivity contribution < 1.29 is 9.90 Å². The van der Waals surface area contributed by atoms with Crippen molar-refractivity contribution in [1.29, 1.82) is 0 Å². The second kappa shape index (κ2) is 4.73. The predicted molar refractivity (Wildman–Crippen MR) is 72.4 cm³/mol. The third-order valence-corrected chi connectivity index (χ3v) is 3.33. The summed E-state index contributed by atoms with van der Waals surface area (Å²) in [5.74, 6) is 0.115. The van der Waals surface area contributed by atoms with Crippen molar-refractivity contribution in [2.24, 2.45) is 5.41 Å². The molecule has 98 valence electrons. The zero-order chi connectivity index (χ0) is 13.3. The van der Waals surface area contributed by atoms with Gasteiger partial charge in [0.05, 0.1) is 6.10 Å². The normalized spacial score (nSPS) is 20.2. The Hall–Kier alpha value is -1.35. The molecule has 1 aliphatic heterocycles. The molecule has 3 nitrogen and oxygen atoms in total. The highest BCUT2D eigenvalue weighted by molar-refractivity contribution is 5.97. The average molecular weight is 247 g/mol. The van der Waals surface area contributed by atoms with Crippen molar-refractivity contribution in [3.63, 3.8) is 0 Å². The summed E-state index contributed by atoms with van der Waals surface area (Å²) in [6.45, 7) is 6.47. The minimum Gasteiger partial charge on any atom is -0.388 e. The SMILES string of the molecule is CC(C)(C)C(=O)N1CCCC(O)c2ccccc21. The summed E-state index contributed by atoms with van der Waals surface area (Å²) in [5.41, 5.74) is 1.33. The molecule has 1 atom stereocenters. The molecule has 1 N–H and O–H groups in total. The van der Waals surface area contributed by atoms with Crippen LogP contribution in [0.4, 0.5) is 5.69 Å². The van der Waals surface area contributed by atoms with Crippen LogP contribution in [-0.2, 0) is 4.79 Å². The van der Waals surface area contributed by atoms with Crippen LogP contribution in [0.1, 0.15) is 45.3 Å². The molecule has 1 amide bonds. The Kier molecular flexibility index (Phi) is 3.44. The fourth-order valence-electron chi connectivity index (χ4n) is 2.35. The Balaban J connectivity index is 2.44. The van der Waals surface area contributed by atoms with Gasteiger partial charge in [-0.1, -0.05) is 39.0 Å². The average Bonchev–Trinajstić information content (AvgIpc) is 2.47. The van der Waals surface area contributed by atoms with Gasteiger partial charge >= 0.3 is 0 Å². The van der Waals surface area contributed by atoms with Gasteiger partial charge in [-0.2, -0.15) is 0 Å². The second-order valence-corrected chi connectivity index (χ2v) is 5.92. The molecule has 0 spiro atoms. The lowest BCUT2D eigenvalue weighted by atomic mass is 9.94. The molecule has 1 heterocycles. The highest BCUT2D eigenvalue weighted by atomic mass is 16.3. The summed E-state index contributed by atoms with van der Waals surface area (Å²) in [6.07, 6.45) is 1.08. The molecule has 2 rings (SSSR count). The van der Waals surface area contributed by atoms with Gasteiger partial charge in [-0.25, -0.2) is 0 Å². The lowest BCUT2D eigenvalue weighted by molar-refractivity contribution is -0.125. The van der Waals surface area contributed by atoms with E-state index in [9.17, 15) is 9.90 Å². The molecule has 1 unspecified atom stereocenters. The fraction of sp³-hybridized carbons (Fsp3) is 0.533. The molecule has 0 saturated heterocycles. The van der Waals surface area contributed by atoms with Gasteiger partial charge in [0.1, 0.15) is 0 Å². The van der Waals surface area contributed by atoms with Gasteiger partial charge in [-0.15, -0.1) is 0 Å². The summed E-state index contributed by atoms with van der Waals surface area (Å²) in [4.78, 5) is 14.3. The van der Waals surface area contributed by atoms with Crippen LogP contribution in [0.2, 0.25) is 0 Å². The van der Waals surface area contributed by atoms with Gasteiger partial charge < -0.3 is 10.0 Å². The number of benzene rings is 1. The van der Waals surface area contributed by atoms with Crippen LogP contribution in [0.15, 0.2) is 24.3 Å². The number of amides is 1. The van der Waals surface area contributed by atoms with Crippen LogP contribution in [0, 0.1) is 5.41 Å². The first kappa shape index (κ1) is 13.1. The summed E-state index contributed by atoms with van der Waals surface area (Å²) >= 11 is 0. The van der Waals surface area contributed by atoms with Crippen molar-refractivity contribution in [2.75, 3.05) is 11.4 Å². The van der Waals surface area contributed by atoms with E-state index in [0.29, 0.717) is 13.0 Å². The maximum atomic E-state index is 12.5. The summed E-state index contributed by atoms with van der Waals surface area (Å²) in [6, 6.07) is 7.66. The summed E-state index contributed by atoms with van der Waals surface area (Å²) in [5, 5.41) is 10.1. The van der Waals surface area contributed by atoms with Crippen molar-refractivity contribution in [3.05, 3.63) is 29.8 Å². The quantitative estimate of drug-likeness (QED) is 0.765. The molecule has 0 aromatic heterocycles. The summed E-state index contributed by atoms with van der Waals surface area (Å²) in [7, 11) is 0. The Bertz CT molecular complexity index is 448. The molecule has 0 saturated carbocycles. The fourth-order valence-corrected chi connectivity index (χ4v) is 2.35. The van der Waals surface area contributed by atoms with E-state index in [1.54, 1.807) is 0 Å². The van der Waals surface area contributed by atoms with Crippen molar-refractivity contribution in [3.8, 4) is 0 Å². The molecule has 1 aromatic carbocycles. The van der Waals surface area contributed by atoms with Gasteiger partial charge in [0, 0.05) is 23.2 Å². The number of anilines is 1. The number of fused-ring (bicyclic) bond motifs is 1. The largest absolute Gasteiger partial charge is 0.388 e. The van der Waals surface area contributed by atoms with E-state index < -0.39 is 11.5 Å². The van der Waals surface area contributed by atoms with E-state index in [2.05, 4.69) is 0 Å². The maximum absolute atomic E-state index is 12.5. The van der Waals surface area contributed by atoms with Crippen LogP contribution in [-0.4, -0.2) is 17.6 Å². The van der Waals surface area contributed by atoms with Gasteiger partial charge in [-0.3, -0.25) is 4.79 Å². The number of carbonyl (C=O) groups is 1. The number of hydrogen-bond donors (Lipinski definition) is 1. The molecule has 0 fully saturated rings.